The minimum absolute atomic E-state index is 0.0576. The standard InChI is InChI=1S/C23H25N7O5S2/c1-30(2)10-11-35-20-13-16(12-18-21(31)29-23(32)36-18)27-22(28-20)25-8-9-26-37(33,34)19-5-3-4-15-14-24-7-6-17(15)19/h3-7,12-14,26H,8-11H2,1-2H3,(H,25,27,28)(H,29,31,32)/b18-12+. The lowest BCUT2D eigenvalue weighted by atomic mass is 10.2. The van der Waals surface area contributed by atoms with E-state index in [4.69, 9.17) is 4.74 Å². The van der Waals surface area contributed by atoms with Gasteiger partial charge in [0.2, 0.25) is 21.9 Å². The maximum Gasteiger partial charge on any atom is 0.290 e. The van der Waals surface area contributed by atoms with Gasteiger partial charge in [-0.05, 0) is 44.1 Å². The molecule has 0 unspecified atom stereocenters. The highest BCUT2D eigenvalue weighted by molar-refractivity contribution is 8.18. The summed E-state index contributed by atoms with van der Waals surface area (Å²) >= 11 is 0.777. The van der Waals surface area contributed by atoms with Gasteiger partial charge < -0.3 is 15.0 Å². The average molecular weight is 544 g/mol. The van der Waals surface area contributed by atoms with E-state index in [0.29, 0.717) is 24.2 Å². The van der Waals surface area contributed by atoms with Crippen LogP contribution in [0.4, 0.5) is 10.7 Å². The van der Waals surface area contributed by atoms with Crippen molar-refractivity contribution in [2.45, 2.75) is 4.90 Å². The molecule has 0 bridgehead atoms. The van der Waals surface area contributed by atoms with Gasteiger partial charge in [0.1, 0.15) is 6.61 Å². The first-order chi connectivity index (χ1) is 17.7. The van der Waals surface area contributed by atoms with Gasteiger partial charge >= 0.3 is 0 Å². The molecule has 37 heavy (non-hydrogen) atoms. The number of amides is 2. The summed E-state index contributed by atoms with van der Waals surface area (Å²) in [5.41, 5.74) is 0.356. The topological polar surface area (TPSA) is 156 Å². The fourth-order valence-corrected chi connectivity index (χ4v) is 5.25. The molecule has 4 rings (SSSR count). The first-order valence-corrected chi connectivity index (χ1v) is 13.5. The number of benzene rings is 1. The van der Waals surface area contributed by atoms with Gasteiger partial charge in [0.05, 0.1) is 15.5 Å². The Bertz CT molecular complexity index is 1460. The van der Waals surface area contributed by atoms with Crippen molar-refractivity contribution in [3.63, 3.8) is 0 Å². The molecule has 2 aromatic heterocycles. The molecule has 3 aromatic rings. The molecule has 194 valence electrons. The third-order valence-electron chi connectivity index (χ3n) is 5.06. The van der Waals surface area contributed by atoms with E-state index in [9.17, 15) is 18.0 Å². The molecule has 0 radical (unpaired) electrons. The summed E-state index contributed by atoms with van der Waals surface area (Å²) in [7, 11) is 0.0425. The number of pyridine rings is 1. The Hall–Kier alpha value is -3.59. The maximum absolute atomic E-state index is 12.9. The van der Waals surface area contributed by atoms with E-state index >= 15 is 0 Å². The minimum atomic E-state index is -3.78. The van der Waals surface area contributed by atoms with Gasteiger partial charge in [-0.15, -0.1) is 0 Å². The second-order valence-electron chi connectivity index (χ2n) is 8.14. The number of imide groups is 1. The summed E-state index contributed by atoms with van der Waals surface area (Å²) in [6, 6.07) is 8.22. The van der Waals surface area contributed by atoms with Crippen LogP contribution in [0, 0.1) is 0 Å². The SMILES string of the molecule is CN(C)CCOc1cc(/C=C2/SC(=O)NC2=O)nc(NCCNS(=O)(=O)c2cccc3cnccc23)n1. The molecule has 2 amide bonds. The quantitative estimate of drug-likeness (QED) is 0.239. The van der Waals surface area contributed by atoms with Crippen LogP contribution in [0.2, 0.25) is 0 Å². The number of likely N-dealkylation sites (N-methyl/N-ethyl adjacent to an activating group) is 1. The molecule has 1 fully saturated rings. The fraction of sp³-hybridized carbons (Fsp3) is 0.261. The van der Waals surface area contributed by atoms with Crippen LogP contribution >= 0.6 is 11.8 Å². The first kappa shape index (κ1) is 26.5. The molecule has 1 aromatic carbocycles. The zero-order chi connectivity index (χ0) is 26.4. The molecular weight excluding hydrogens is 518 g/mol. The van der Waals surface area contributed by atoms with Crippen molar-refractivity contribution in [3.8, 4) is 5.88 Å². The molecule has 0 atom stereocenters. The number of fused-ring (bicyclic) bond motifs is 1. The Balaban J connectivity index is 1.45. The van der Waals surface area contributed by atoms with Crippen LogP contribution in [-0.4, -0.2) is 79.8 Å². The van der Waals surface area contributed by atoms with Gasteiger partial charge in [-0.3, -0.25) is 19.9 Å². The van der Waals surface area contributed by atoms with E-state index < -0.39 is 21.2 Å². The van der Waals surface area contributed by atoms with Gasteiger partial charge in [-0.2, -0.15) is 4.98 Å². The number of nitrogens with zero attached hydrogens (tertiary/aromatic N) is 4. The van der Waals surface area contributed by atoms with E-state index in [0.717, 1.165) is 17.1 Å². The molecule has 1 aliphatic rings. The molecule has 3 heterocycles. The van der Waals surface area contributed by atoms with Crippen molar-refractivity contribution >= 4 is 55.7 Å². The average Bonchev–Trinajstić information content (AvgIpc) is 3.17. The van der Waals surface area contributed by atoms with Crippen LogP contribution in [0.1, 0.15) is 5.69 Å². The lowest BCUT2D eigenvalue weighted by Crippen LogP contribution is -2.29. The van der Waals surface area contributed by atoms with Crippen LogP contribution in [0.15, 0.2) is 52.5 Å². The Morgan fingerprint density at radius 3 is 2.76 bits per heavy atom. The van der Waals surface area contributed by atoms with Gasteiger partial charge in [-0.1, -0.05) is 12.1 Å². The number of carbonyl (C=O) groups is 2. The minimum Gasteiger partial charge on any atom is -0.476 e. The third kappa shape index (κ3) is 7.01. The van der Waals surface area contributed by atoms with E-state index in [-0.39, 0.29) is 34.7 Å². The van der Waals surface area contributed by atoms with E-state index in [1.165, 1.54) is 12.1 Å². The third-order valence-corrected chi connectivity index (χ3v) is 7.39. The Morgan fingerprint density at radius 1 is 1.16 bits per heavy atom. The van der Waals surface area contributed by atoms with E-state index in [1.54, 1.807) is 36.7 Å². The Kier molecular flexibility index (Phi) is 8.33. The highest BCUT2D eigenvalue weighted by atomic mass is 32.2. The first-order valence-electron chi connectivity index (χ1n) is 11.2. The summed E-state index contributed by atoms with van der Waals surface area (Å²) in [6.07, 6.45) is 4.62. The summed E-state index contributed by atoms with van der Waals surface area (Å²) in [4.78, 5) is 38.4. The number of thioether (sulfide) groups is 1. The number of hydrogen-bond donors (Lipinski definition) is 3. The zero-order valence-corrected chi connectivity index (χ0v) is 21.7. The second-order valence-corrected chi connectivity index (χ2v) is 10.9. The number of anilines is 1. The summed E-state index contributed by atoms with van der Waals surface area (Å²) in [5.74, 6) is -0.0536. The van der Waals surface area contributed by atoms with Crippen LogP contribution in [-0.2, 0) is 14.8 Å². The van der Waals surface area contributed by atoms with Gasteiger partial charge in [0.15, 0.2) is 0 Å². The molecular formula is C23H25N7O5S2. The Labute approximate surface area is 218 Å². The normalized spacial score (nSPS) is 14.9. The molecule has 12 nitrogen and oxygen atoms in total. The lowest BCUT2D eigenvalue weighted by Gasteiger charge is -2.13. The van der Waals surface area contributed by atoms with E-state index in [1.807, 2.05) is 19.0 Å². The molecule has 1 aliphatic heterocycles. The Morgan fingerprint density at radius 2 is 2.00 bits per heavy atom. The number of sulfonamides is 1. The lowest BCUT2D eigenvalue weighted by molar-refractivity contribution is -0.115. The van der Waals surface area contributed by atoms with Crippen LogP contribution in [0.25, 0.3) is 16.8 Å². The summed E-state index contributed by atoms with van der Waals surface area (Å²) < 4.78 is 34.1. The maximum atomic E-state index is 12.9. The van der Waals surface area contributed by atoms with Crippen molar-refractivity contribution in [2.24, 2.45) is 0 Å². The number of carbonyl (C=O) groups excluding carboxylic acids is 2. The number of nitrogens with one attached hydrogen (secondary N) is 3. The molecule has 14 heteroatoms. The summed E-state index contributed by atoms with van der Waals surface area (Å²) in [6.45, 7) is 1.26. The van der Waals surface area contributed by atoms with Crippen molar-refractivity contribution in [3.05, 3.63) is 53.3 Å². The van der Waals surface area contributed by atoms with Crippen LogP contribution < -0.4 is 20.1 Å². The predicted molar refractivity (Wildman–Crippen MR) is 141 cm³/mol. The molecule has 3 N–H and O–H groups in total. The van der Waals surface area contributed by atoms with Crippen LogP contribution in [0.3, 0.4) is 0 Å². The smallest absolute Gasteiger partial charge is 0.290 e. The molecule has 0 spiro atoms. The van der Waals surface area contributed by atoms with Gasteiger partial charge in [-0.25, -0.2) is 18.1 Å². The number of ether oxygens (including phenoxy) is 1. The van der Waals surface area contributed by atoms with Crippen LogP contribution in [0.5, 0.6) is 5.88 Å². The monoisotopic (exact) mass is 543 g/mol. The number of aromatic nitrogens is 3. The van der Waals surface area contributed by atoms with Gasteiger partial charge in [0.25, 0.3) is 11.1 Å². The molecule has 1 saturated heterocycles. The zero-order valence-electron chi connectivity index (χ0n) is 20.1. The second kappa shape index (κ2) is 11.6. The largest absolute Gasteiger partial charge is 0.476 e. The van der Waals surface area contributed by atoms with Crippen molar-refractivity contribution < 1.29 is 22.7 Å². The molecule has 0 aliphatic carbocycles. The number of rotatable bonds is 11. The van der Waals surface area contributed by atoms with E-state index in [2.05, 4.69) is 30.3 Å². The fourth-order valence-electron chi connectivity index (χ4n) is 3.32. The van der Waals surface area contributed by atoms with Crippen molar-refractivity contribution in [2.75, 3.05) is 45.7 Å². The predicted octanol–water partition coefficient (Wildman–Crippen LogP) is 1.68. The number of hydrogen-bond acceptors (Lipinski definition) is 11. The highest BCUT2D eigenvalue weighted by Gasteiger charge is 2.25. The van der Waals surface area contributed by atoms with Gasteiger partial charge in [0, 0.05) is 48.9 Å². The van der Waals surface area contributed by atoms with Crippen molar-refractivity contribution in [1.29, 1.82) is 0 Å². The summed E-state index contributed by atoms with van der Waals surface area (Å²) in [5, 5.41) is 6.02. The van der Waals surface area contributed by atoms with Crippen molar-refractivity contribution in [1.82, 2.24) is 29.9 Å². The highest BCUT2D eigenvalue weighted by Crippen LogP contribution is 2.26. The molecule has 0 saturated carbocycles.